The molecule has 0 spiro atoms. The molecule has 1 unspecified atom stereocenters. The maximum Gasteiger partial charge on any atom is 0.325 e. The van der Waals surface area contributed by atoms with Crippen molar-refractivity contribution in [3.8, 4) is 0 Å². The number of carboxylic acids is 1. The zero-order valence-electron chi connectivity index (χ0n) is 9.77. The zero-order valence-corrected chi connectivity index (χ0v) is 13.8. The summed E-state index contributed by atoms with van der Waals surface area (Å²) in [6.07, 6.45) is 0. The topological polar surface area (TPSA) is 49.3 Å². The number of halogens is 2. The van der Waals surface area contributed by atoms with Gasteiger partial charge < -0.3 is 5.11 Å². The normalized spacial score (nSPS) is 12.3. The van der Waals surface area contributed by atoms with Gasteiger partial charge in [0, 0.05) is 15.9 Å². The van der Waals surface area contributed by atoms with Gasteiger partial charge in [-0.1, -0.05) is 30.3 Å². The lowest BCUT2D eigenvalue weighted by atomic mass is 10.1. The third-order valence-electron chi connectivity index (χ3n) is 2.56. The van der Waals surface area contributed by atoms with Crippen LogP contribution in [0, 0.1) is 0 Å². The highest BCUT2D eigenvalue weighted by Gasteiger charge is 2.19. The van der Waals surface area contributed by atoms with Gasteiger partial charge in [0.1, 0.15) is 6.04 Å². The first-order chi connectivity index (χ1) is 9.08. The molecule has 6 heteroatoms. The average Bonchev–Trinajstić information content (AvgIpc) is 2.70. The molecule has 0 amide bonds. The Morgan fingerprint density at radius 2 is 2.00 bits per heavy atom. The van der Waals surface area contributed by atoms with E-state index in [4.69, 9.17) is 0 Å². The van der Waals surface area contributed by atoms with E-state index in [1.165, 1.54) is 0 Å². The summed E-state index contributed by atoms with van der Waals surface area (Å²) in [6.45, 7) is 0.515. The second-order valence-electron chi connectivity index (χ2n) is 3.90. The summed E-state index contributed by atoms with van der Waals surface area (Å²) in [5, 5.41) is 12.3. The molecule has 0 aliphatic carbocycles. The molecule has 2 rings (SSSR count). The number of hydrogen-bond donors (Lipinski definition) is 2. The average molecular weight is 405 g/mol. The predicted molar refractivity (Wildman–Crippen MR) is 83.4 cm³/mol. The molecule has 0 aliphatic rings. The molecule has 0 aliphatic heterocycles. The number of carboxylic acid groups (broad SMARTS) is 1. The molecule has 0 fully saturated rings. The van der Waals surface area contributed by atoms with E-state index in [1.807, 2.05) is 36.4 Å². The molecule has 1 aromatic carbocycles. The number of carbonyl (C=O) groups is 1. The van der Waals surface area contributed by atoms with Gasteiger partial charge in [0.25, 0.3) is 0 Å². The van der Waals surface area contributed by atoms with E-state index in [1.54, 1.807) is 11.3 Å². The van der Waals surface area contributed by atoms with Crippen molar-refractivity contribution >= 4 is 49.2 Å². The van der Waals surface area contributed by atoms with E-state index in [0.717, 1.165) is 18.7 Å². The highest BCUT2D eigenvalue weighted by atomic mass is 79.9. The first-order valence-electron chi connectivity index (χ1n) is 5.53. The summed E-state index contributed by atoms with van der Waals surface area (Å²) in [6, 6.07) is 10.5. The van der Waals surface area contributed by atoms with Gasteiger partial charge >= 0.3 is 5.97 Å². The maximum absolute atomic E-state index is 11.3. The van der Waals surface area contributed by atoms with Crippen molar-refractivity contribution < 1.29 is 9.90 Å². The van der Waals surface area contributed by atoms with Gasteiger partial charge in [-0.15, -0.1) is 11.3 Å². The van der Waals surface area contributed by atoms with E-state index in [9.17, 15) is 9.90 Å². The molecule has 3 nitrogen and oxygen atoms in total. The lowest BCUT2D eigenvalue weighted by molar-refractivity contribution is -0.139. The van der Waals surface area contributed by atoms with Crippen molar-refractivity contribution in [1.29, 1.82) is 0 Å². The highest BCUT2D eigenvalue weighted by Crippen LogP contribution is 2.32. The summed E-state index contributed by atoms with van der Waals surface area (Å²) in [4.78, 5) is 12.4. The molecule has 1 heterocycles. The number of rotatable bonds is 5. The number of nitrogens with one attached hydrogen (secondary N) is 1. The van der Waals surface area contributed by atoms with Gasteiger partial charge in [0.2, 0.25) is 0 Å². The second-order valence-corrected chi connectivity index (χ2v) is 7.21. The predicted octanol–water partition coefficient (Wildman–Crippen LogP) is 4.19. The Bertz CT molecular complexity index is 552. The molecule has 2 N–H and O–H groups in total. The Morgan fingerprint density at radius 3 is 2.53 bits per heavy atom. The molecule has 2 aromatic rings. The van der Waals surface area contributed by atoms with Crippen LogP contribution in [0.3, 0.4) is 0 Å². The van der Waals surface area contributed by atoms with Gasteiger partial charge in [0.05, 0.1) is 3.79 Å². The Kier molecular flexibility index (Phi) is 5.15. The first kappa shape index (κ1) is 14.7. The van der Waals surface area contributed by atoms with Gasteiger partial charge in [-0.25, -0.2) is 0 Å². The fraction of sp³-hybridized carbons (Fsp3) is 0.154. The van der Waals surface area contributed by atoms with Gasteiger partial charge in [-0.3, -0.25) is 10.1 Å². The van der Waals surface area contributed by atoms with Crippen LogP contribution in [0.1, 0.15) is 16.5 Å². The molecular weight excluding hydrogens is 394 g/mol. The van der Waals surface area contributed by atoms with Gasteiger partial charge in [-0.05, 0) is 43.5 Å². The third kappa shape index (κ3) is 3.89. The molecule has 0 saturated heterocycles. The molecule has 19 heavy (non-hydrogen) atoms. The minimum atomic E-state index is -0.874. The number of thiophene rings is 1. The van der Waals surface area contributed by atoms with Crippen molar-refractivity contribution in [2.45, 2.75) is 12.6 Å². The van der Waals surface area contributed by atoms with Crippen molar-refractivity contribution in [1.82, 2.24) is 5.32 Å². The van der Waals surface area contributed by atoms with Crippen molar-refractivity contribution in [3.63, 3.8) is 0 Å². The summed E-state index contributed by atoms with van der Waals surface area (Å²) in [5.41, 5.74) is 0.754. The lowest BCUT2D eigenvalue weighted by Crippen LogP contribution is -2.27. The van der Waals surface area contributed by atoms with Gasteiger partial charge in [0.15, 0.2) is 0 Å². The fourth-order valence-corrected chi connectivity index (χ4v) is 3.80. The number of aliphatic carboxylic acids is 1. The standard InChI is InChI=1S/C13H11Br2NO2S/c14-10-6-9(19-12(10)15)7-16-11(13(17)18)8-4-2-1-3-5-8/h1-6,11,16H,7H2,(H,17,18). The molecule has 0 saturated carbocycles. The van der Waals surface area contributed by atoms with Crippen LogP contribution in [0.25, 0.3) is 0 Å². The van der Waals surface area contributed by atoms with E-state index < -0.39 is 12.0 Å². The SMILES string of the molecule is O=C(O)C(NCc1cc(Br)c(Br)s1)c1ccccc1. The highest BCUT2D eigenvalue weighted by molar-refractivity contribution is 9.13. The van der Waals surface area contributed by atoms with Crippen LogP contribution in [0.4, 0.5) is 0 Å². The minimum absolute atomic E-state index is 0.515. The van der Waals surface area contributed by atoms with Crippen LogP contribution in [0.15, 0.2) is 44.7 Å². The van der Waals surface area contributed by atoms with Crippen LogP contribution in [-0.2, 0) is 11.3 Å². The Balaban J connectivity index is 2.08. The Morgan fingerprint density at radius 1 is 1.32 bits per heavy atom. The Labute approximate surface area is 131 Å². The lowest BCUT2D eigenvalue weighted by Gasteiger charge is -2.14. The quantitative estimate of drug-likeness (QED) is 0.785. The third-order valence-corrected chi connectivity index (χ3v) is 5.81. The first-order valence-corrected chi connectivity index (χ1v) is 7.93. The molecule has 1 atom stereocenters. The minimum Gasteiger partial charge on any atom is -0.480 e. The smallest absolute Gasteiger partial charge is 0.325 e. The maximum atomic E-state index is 11.3. The monoisotopic (exact) mass is 403 g/mol. The second kappa shape index (κ2) is 6.65. The van der Waals surface area contributed by atoms with E-state index >= 15 is 0 Å². The van der Waals surface area contributed by atoms with Crippen LogP contribution in [0.5, 0.6) is 0 Å². The van der Waals surface area contributed by atoms with Crippen molar-refractivity contribution in [2.75, 3.05) is 0 Å². The largest absolute Gasteiger partial charge is 0.480 e. The van der Waals surface area contributed by atoms with Crippen LogP contribution in [-0.4, -0.2) is 11.1 Å². The van der Waals surface area contributed by atoms with E-state index in [0.29, 0.717) is 6.54 Å². The van der Waals surface area contributed by atoms with E-state index in [-0.39, 0.29) is 0 Å². The summed E-state index contributed by atoms with van der Waals surface area (Å²) < 4.78 is 2.00. The number of benzene rings is 1. The zero-order chi connectivity index (χ0) is 13.8. The summed E-state index contributed by atoms with van der Waals surface area (Å²) in [7, 11) is 0. The molecule has 0 radical (unpaired) electrons. The van der Waals surface area contributed by atoms with E-state index in [2.05, 4.69) is 37.2 Å². The molecule has 1 aromatic heterocycles. The summed E-state index contributed by atoms with van der Waals surface area (Å²) >= 11 is 8.42. The van der Waals surface area contributed by atoms with Crippen molar-refractivity contribution in [3.05, 3.63) is 55.1 Å². The van der Waals surface area contributed by atoms with Crippen molar-refractivity contribution in [2.24, 2.45) is 0 Å². The van der Waals surface area contributed by atoms with Crippen LogP contribution >= 0.6 is 43.2 Å². The number of hydrogen-bond acceptors (Lipinski definition) is 3. The van der Waals surface area contributed by atoms with Crippen LogP contribution < -0.4 is 5.32 Å². The van der Waals surface area contributed by atoms with Gasteiger partial charge in [-0.2, -0.15) is 0 Å². The fourth-order valence-electron chi connectivity index (χ4n) is 1.67. The van der Waals surface area contributed by atoms with Crippen LogP contribution in [0.2, 0.25) is 0 Å². The Hall–Kier alpha value is -0.690. The summed E-state index contributed by atoms with van der Waals surface area (Å²) in [5.74, 6) is -0.874. The molecular formula is C13H11Br2NO2S. The molecule has 0 bridgehead atoms. The molecule has 100 valence electrons.